The minimum atomic E-state index is -3.58. The molecule has 14 heavy (non-hydrogen) atoms. The topological polar surface area (TPSA) is 60.2 Å². The summed E-state index contributed by atoms with van der Waals surface area (Å²) in [6.45, 7) is 0. The molecule has 0 aromatic heterocycles. The Labute approximate surface area is 100.0 Å². The van der Waals surface area contributed by atoms with E-state index in [1.807, 2.05) is 30.3 Å². The highest BCUT2D eigenvalue weighted by molar-refractivity contribution is 9.13. The van der Waals surface area contributed by atoms with Crippen LogP contribution in [-0.4, -0.2) is 12.6 Å². The fourth-order valence-corrected chi connectivity index (χ4v) is 2.96. The third kappa shape index (κ3) is 3.05. The van der Waals surface area contributed by atoms with Gasteiger partial charge < -0.3 is 0 Å². The van der Waals surface area contributed by atoms with Crippen LogP contribution in [0, 0.1) is 0 Å². The van der Waals surface area contributed by atoms with Crippen molar-refractivity contribution in [1.29, 1.82) is 0 Å². The summed E-state index contributed by atoms with van der Waals surface area (Å²) < 4.78 is 21.3. The van der Waals surface area contributed by atoms with Gasteiger partial charge in [-0.05, 0) is 5.56 Å². The largest absolute Gasteiger partial charge is 0.228 e. The van der Waals surface area contributed by atoms with Crippen molar-refractivity contribution in [3.05, 3.63) is 35.9 Å². The van der Waals surface area contributed by atoms with Crippen LogP contribution in [-0.2, 0) is 10.0 Å². The van der Waals surface area contributed by atoms with Gasteiger partial charge in [-0.1, -0.05) is 62.2 Å². The van der Waals surface area contributed by atoms with E-state index in [2.05, 4.69) is 31.9 Å². The zero-order valence-corrected chi connectivity index (χ0v) is 11.1. The zero-order valence-electron chi connectivity index (χ0n) is 7.10. The van der Waals surface area contributed by atoms with Crippen molar-refractivity contribution < 1.29 is 8.42 Å². The van der Waals surface area contributed by atoms with Crippen molar-refractivity contribution in [3.8, 4) is 0 Å². The molecule has 2 atom stereocenters. The molecule has 0 aliphatic rings. The SMILES string of the molecule is NS(=O)(=O)[C@H](Br)[C@H](Br)c1ccccc1. The van der Waals surface area contributed by atoms with Crippen LogP contribution in [0.25, 0.3) is 0 Å². The number of hydrogen-bond acceptors (Lipinski definition) is 2. The Kier molecular flexibility index (Phi) is 4.12. The third-order valence-electron chi connectivity index (χ3n) is 1.66. The van der Waals surface area contributed by atoms with Gasteiger partial charge in [0.05, 0.1) is 4.83 Å². The molecule has 0 heterocycles. The molecule has 3 nitrogen and oxygen atoms in total. The van der Waals surface area contributed by atoms with E-state index in [9.17, 15) is 8.42 Å². The standard InChI is InChI=1S/C8H9Br2NO2S/c9-7(8(10)14(11,12)13)6-4-2-1-3-5-6/h1-5,7-8H,(H2,11,12,13)/t7-,8+/m1/s1. The number of hydrogen-bond donors (Lipinski definition) is 1. The average Bonchev–Trinajstić information content (AvgIpc) is 2.15. The van der Waals surface area contributed by atoms with E-state index < -0.39 is 14.2 Å². The summed E-state index contributed by atoms with van der Waals surface area (Å²) in [5.41, 5.74) is 0.864. The first-order valence-corrected chi connectivity index (χ1v) is 7.21. The van der Waals surface area contributed by atoms with Crippen LogP contribution in [0.3, 0.4) is 0 Å². The van der Waals surface area contributed by atoms with Crippen molar-refractivity contribution in [2.45, 2.75) is 8.99 Å². The van der Waals surface area contributed by atoms with Crippen LogP contribution < -0.4 is 5.14 Å². The van der Waals surface area contributed by atoms with E-state index in [0.29, 0.717) is 0 Å². The maximum Gasteiger partial charge on any atom is 0.223 e. The van der Waals surface area contributed by atoms with Gasteiger partial charge in [-0.25, -0.2) is 13.6 Å². The summed E-state index contributed by atoms with van der Waals surface area (Å²) in [6, 6.07) is 9.21. The molecule has 0 aliphatic carbocycles. The highest BCUT2D eigenvalue weighted by Gasteiger charge is 2.27. The molecule has 0 amide bonds. The predicted octanol–water partition coefficient (Wildman–Crippen LogP) is 2.13. The molecule has 0 radical (unpaired) electrons. The summed E-state index contributed by atoms with van der Waals surface area (Å²) in [6.07, 6.45) is 0. The second-order valence-corrected chi connectivity index (χ2v) is 7.02. The van der Waals surface area contributed by atoms with Crippen LogP contribution in [0.15, 0.2) is 30.3 Å². The second-order valence-electron chi connectivity index (χ2n) is 2.75. The van der Waals surface area contributed by atoms with Crippen LogP contribution in [0.4, 0.5) is 0 Å². The molecule has 6 heteroatoms. The van der Waals surface area contributed by atoms with Crippen molar-refractivity contribution in [2.24, 2.45) is 5.14 Å². The van der Waals surface area contributed by atoms with Gasteiger partial charge in [0.2, 0.25) is 10.0 Å². The highest BCUT2D eigenvalue weighted by atomic mass is 79.9. The van der Waals surface area contributed by atoms with Gasteiger partial charge in [0, 0.05) is 0 Å². The van der Waals surface area contributed by atoms with Gasteiger partial charge in [-0.3, -0.25) is 0 Å². The fraction of sp³-hybridized carbons (Fsp3) is 0.250. The summed E-state index contributed by atoms with van der Waals surface area (Å²) in [5, 5.41) is 5.01. The number of halogens is 2. The quantitative estimate of drug-likeness (QED) is 0.855. The Morgan fingerprint density at radius 2 is 1.64 bits per heavy atom. The first-order chi connectivity index (χ1) is 6.43. The Balaban J connectivity index is 2.92. The lowest BCUT2D eigenvalue weighted by atomic mass is 10.2. The normalized spacial score (nSPS) is 16.2. The molecular weight excluding hydrogens is 334 g/mol. The molecule has 0 spiro atoms. The summed E-state index contributed by atoms with van der Waals surface area (Å²) in [5.74, 6) is 0. The van der Waals surface area contributed by atoms with Crippen LogP contribution >= 0.6 is 31.9 Å². The van der Waals surface area contributed by atoms with Gasteiger partial charge in [-0.2, -0.15) is 0 Å². The minimum absolute atomic E-state index is 0.348. The predicted molar refractivity (Wildman–Crippen MR) is 63.9 cm³/mol. The van der Waals surface area contributed by atoms with Gasteiger partial charge in [0.25, 0.3) is 0 Å². The van der Waals surface area contributed by atoms with Crippen LogP contribution in [0.5, 0.6) is 0 Å². The summed E-state index contributed by atoms with van der Waals surface area (Å²) in [4.78, 5) is -0.348. The van der Waals surface area contributed by atoms with E-state index in [4.69, 9.17) is 5.14 Å². The molecule has 0 fully saturated rings. The minimum Gasteiger partial charge on any atom is -0.228 e. The first kappa shape index (κ1) is 12.2. The van der Waals surface area contributed by atoms with E-state index in [1.165, 1.54) is 0 Å². The molecule has 78 valence electrons. The van der Waals surface area contributed by atoms with E-state index in [1.54, 1.807) is 0 Å². The summed E-state index contributed by atoms with van der Waals surface area (Å²) >= 11 is 6.32. The molecule has 1 aromatic carbocycles. The number of primary sulfonamides is 1. The molecule has 1 aromatic rings. The van der Waals surface area contributed by atoms with Crippen molar-refractivity contribution in [2.75, 3.05) is 0 Å². The molecule has 0 saturated heterocycles. The smallest absolute Gasteiger partial charge is 0.223 e. The maximum absolute atomic E-state index is 11.0. The van der Waals surface area contributed by atoms with Gasteiger partial charge >= 0.3 is 0 Å². The van der Waals surface area contributed by atoms with E-state index in [-0.39, 0.29) is 4.83 Å². The maximum atomic E-state index is 11.0. The number of sulfonamides is 1. The first-order valence-electron chi connectivity index (χ1n) is 3.77. The fourth-order valence-electron chi connectivity index (χ4n) is 0.955. The highest BCUT2D eigenvalue weighted by Crippen LogP contribution is 2.32. The molecule has 1 rings (SSSR count). The Morgan fingerprint density at radius 3 is 2.07 bits per heavy atom. The van der Waals surface area contributed by atoms with Gasteiger partial charge in [0.15, 0.2) is 0 Å². The molecular formula is C8H9Br2NO2S. The monoisotopic (exact) mass is 341 g/mol. The Bertz CT molecular complexity index is 393. The molecule has 2 N–H and O–H groups in total. The van der Waals surface area contributed by atoms with Crippen LogP contribution in [0.2, 0.25) is 0 Å². The van der Waals surface area contributed by atoms with E-state index >= 15 is 0 Å². The summed E-state index contributed by atoms with van der Waals surface area (Å²) in [7, 11) is -3.58. The van der Waals surface area contributed by atoms with Gasteiger partial charge in [-0.15, -0.1) is 0 Å². The molecule has 0 unspecified atom stereocenters. The second kappa shape index (κ2) is 4.74. The Hall–Kier alpha value is 0.0900. The lowest BCUT2D eigenvalue weighted by Crippen LogP contribution is -2.26. The van der Waals surface area contributed by atoms with Gasteiger partial charge in [0.1, 0.15) is 4.16 Å². The van der Waals surface area contributed by atoms with Crippen molar-refractivity contribution in [3.63, 3.8) is 0 Å². The number of rotatable bonds is 3. The number of alkyl halides is 2. The van der Waals surface area contributed by atoms with Crippen molar-refractivity contribution in [1.82, 2.24) is 0 Å². The third-order valence-corrected chi connectivity index (χ3v) is 6.77. The van der Waals surface area contributed by atoms with Crippen molar-refractivity contribution >= 4 is 41.9 Å². The molecule has 0 bridgehead atoms. The Morgan fingerprint density at radius 1 is 1.14 bits per heavy atom. The number of nitrogens with two attached hydrogens (primary N) is 1. The lowest BCUT2D eigenvalue weighted by Gasteiger charge is -2.14. The average molecular weight is 343 g/mol. The van der Waals surface area contributed by atoms with E-state index in [0.717, 1.165) is 5.56 Å². The lowest BCUT2D eigenvalue weighted by molar-refractivity contribution is 0.594. The molecule has 0 aliphatic heterocycles. The zero-order chi connectivity index (χ0) is 10.8. The van der Waals surface area contributed by atoms with Crippen LogP contribution in [0.1, 0.15) is 10.4 Å². The number of benzene rings is 1. The molecule has 0 saturated carbocycles.